The summed E-state index contributed by atoms with van der Waals surface area (Å²) in [6, 6.07) is 8.58. The molecule has 23 heavy (non-hydrogen) atoms. The van der Waals surface area contributed by atoms with Crippen LogP contribution in [0.15, 0.2) is 36.5 Å². The summed E-state index contributed by atoms with van der Waals surface area (Å²) in [6.07, 6.45) is 0.958. The summed E-state index contributed by atoms with van der Waals surface area (Å²) in [6.45, 7) is 2.29. The zero-order valence-electron chi connectivity index (χ0n) is 12.7. The van der Waals surface area contributed by atoms with Crippen LogP contribution in [0.4, 0.5) is 11.5 Å². The van der Waals surface area contributed by atoms with Crippen LogP contribution in [-0.2, 0) is 0 Å². The SMILES string of the molecule is COc1ccccc1OC(C)CNc1ncc([N+](=O)[O-])cc1Cl. The molecule has 0 spiro atoms. The number of nitrogens with zero attached hydrogens (tertiary/aromatic N) is 2. The normalized spacial score (nSPS) is 11.6. The van der Waals surface area contributed by atoms with Gasteiger partial charge in [-0.1, -0.05) is 23.7 Å². The molecule has 1 N–H and O–H groups in total. The number of anilines is 1. The van der Waals surface area contributed by atoms with Gasteiger partial charge in [0.15, 0.2) is 11.5 Å². The molecular weight excluding hydrogens is 322 g/mol. The van der Waals surface area contributed by atoms with E-state index in [0.29, 0.717) is 23.9 Å². The average molecular weight is 338 g/mol. The zero-order valence-corrected chi connectivity index (χ0v) is 13.4. The Hall–Kier alpha value is -2.54. The van der Waals surface area contributed by atoms with Gasteiger partial charge in [0.05, 0.1) is 23.6 Å². The number of aromatic nitrogens is 1. The lowest BCUT2D eigenvalue weighted by molar-refractivity contribution is -0.385. The predicted octanol–water partition coefficient (Wildman–Crippen LogP) is 3.53. The van der Waals surface area contributed by atoms with E-state index in [9.17, 15) is 10.1 Å². The highest BCUT2D eigenvalue weighted by molar-refractivity contribution is 6.33. The molecule has 8 heteroatoms. The van der Waals surface area contributed by atoms with Gasteiger partial charge in [-0.05, 0) is 19.1 Å². The van der Waals surface area contributed by atoms with Gasteiger partial charge in [0.25, 0.3) is 5.69 Å². The Morgan fingerprint density at radius 2 is 2.09 bits per heavy atom. The third-order valence-corrected chi connectivity index (χ3v) is 3.28. The number of halogens is 1. The third-order valence-electron chi connectivity index (χ3n) is 2.99. The minimum Gasteiger partial charge on any atom is -0.493 e. The van der Waals surface area contributed by atoms with Gasteiger partial charge >= 0.3 is 0 Å². The topological polar surface area (TPSA) is 86.5 Å². The summed E-state index contributed by atoms with van der Waals surface area (Å²) in [5, 5.41) is 13.8. The van der Waals surface area contributed by atoms with Crippen molar-refractivity contribution in [2.75, 3.05) is 19.0 Å². The van der Waals surface area contributed by atoms with Gasteiger partial charge in [0.2, 0.25) is 0 Å². The van der Waals surface area contributed by atoms with Crippen molar-refractivity contribution in [3.05, 3.63) is 51.7 Å². The highest BCUT2D eigenvalue weighted by atomic mass is 35.5. The quantitative estimate of drug-likeness (QED) is 0.614. The van der Waals surface area contributed by atoms with E-state index in [1.54, 1.807) is 7.11 Å². The molecule has 0 amide bonds. The van der Waals surface area contributed by atoms with Gasteiger partial charge in [0, 0.05) is 6.07 Å². The second-order valence-corrected chi connectivity index (χ2v) is 5.15. The molecule has 0 saturated heterocycles. The Labute approximate surface area is 138 Å². The number of nitro groups is 1. The van der Waals surface area contributed by atoms with Crippen molar-refractivity contribution >= 4 is 23.1 Å². The molecule has 7 nitrogen and oxygen atoms in total. The van der Waals surface area contributed by atoms with Crippen molar-refractivity contribution in [3.63, 3.8) is 0 Å². The first-order valence-corrected chi connectivity index (χ1v) is 7.22. The number of rotatable bonds is 7. The molecule has 1 heterocycles. The zero-order chi connectivity index (χ0) is 16.8. The van der Waals surface area contributed by atoms with Crippen molar-refractivity contribution in [1.29, 1.82) is 0 Å². The van der Waals surface area contributed by atoms with E-state index in [0.717, 1.165) is 6.20 Å². The van der Waals surface area contributed by atoms with Crippen LogP contribution >= 0.6 is 11.6 Å². The average Bonchev–Trinajstić information content (AvgIpc) is 2.54. The minimum absolute atomic E-state index is 0.154. The van der Waals surface area contributed by atoms with Gasteiger partial charge in [-0.25, -0.2) is 4.98 Å². The van der Waals surface area contributed by atoms with Gasteiger partial charge in [-0.3, -0.25) is 10.1 Å². The van der Waals surface area contributed by atoms with Crippen LogP contribution in [-0.4, -0.2) is 29.7 Å². The summed E-state index contributed by atoms with van der Waals surface area (Å²) in [5.41, 5.74) is -0.154. The van der Waals surface area contributed by atoms with E-state index < -0.39 is 4.92 Å². The number of nitrogens with one attached hydrogen (secondary N) is 1. The molecule has 0 aliphatic carbocycles. The Morgan fingerprint density at radius 1 is 1.39 bits per heavy atom. The first-order chi connectivity index (χ1) is 11.0. The van der Waals surface area contributed by atoms with E-state index in [1.165, 1.54) is 6.07 Å². The molecule has 0 radical (unpaired) electrons. The number of methoxy groups -OCH3 is 1. The van der Waals surface area contributed by atoms with Gasteiger partial charge in [-0.2, -0.15) is 0 Å². The van der Waals surface area contributed by atoms with Crippen molar-refractivity contribution in [2.24, 2.45) is 0 Å². The largest absolute Gasteiger partial charge is 0.493 e. The summed E-state index contributed by atoms with van der Waals surface area (Å²) >= 11 is 5.97. The molecule has 2 rings (SSSR count). The van der Waals surface area contributed by atoms with E-state index in [-0.39, 0.29) is 16.8 Å². The van der Waals surface area contributed by atoms with E-state index >= 15 is 0 Å². The van der Waals surface area contributed by atoms with E-state index in [4.69, 9.17) is 21.1 Å². The van der Waals surface area contributed by atoms with E-state index in [1.807, 2.05) is 31.2 Å². The minimum atomic E-state index is -0.546. The number of ether oxygens (including phenoxy) is 2. The van der Waals surface area contributed by atoms with Crippen LogP contribution in [0.3, 0.4) is 0 Å². The molecule has 0 aliphatic heterocycles. The Bertz CT molecular complexity index is 696. The van der Waals surface area contributed by atoms with Crippen molar-refractivity contribution in [1.82, 2.24) is 4.98 Å². The fraction of sp³-hybridized carbons (Fsp3) is 0.267. The third kappa shape index (κ3) is 4.46. The van der Waals surface area contributed by atoms with Gasteiger partial charge in [0.1, 0.15) is 18.1 Å². The van der Waals surface area contributed by atoms with Crippen LogP contribution in [0, 0.1) is 10.1 Å². The van der Waals surface area contributed by atoms with Crippen LogP contribution in [0.2, 0.25) is 5.02 Å². The molecule has 122 valence electrons. The number of hydrogen-bond donors (Lipinski definition) is 1. The second kappa shape index (κ2) is 7.64. The van der Waals surface area contributed by atoms with Crippen molar-refractivity contribution in [2.45, 2.75) is 13.0 Å². The number of hydrogen-bond acceptors (Lipinski definition) is 6. The first-order valence-electron chi connectivity index (χ1n) is 6.84. The number of benzene rings is 1. The highest BCUT2D eigenvalue weighted by Crippen LogP contribution is 2.27. The Balaban J connectivity index is 1.96. The van der Waals surface area contributed by atoms with Gasteiger partial charge < -0.3 is 14.8 Å². The Kier molecular flexibility index (Phi) is 5.59. The molecule has 1 aromatic carbocycles. The maximum Gasteiger partial charge on any atom is 0.289 e. The van der Waals surface area contributed by atoms with Crippen LogP contribution in [0.5, 0.6) is 11.5 Å². The molecule has 0 saturated carbocycles. The number of para-hydroxylation sites is 2. The lowest BCUT2D eigenvalue weighted by Gasteiger charge is -2.17. The monoisotopic (exact) mass is 337 g/mol. The molecular formula is C15H16ClN3O4. The van der Waals surface area contributed by atoms with Crippen LogP contribution in [0.25, 0.3) is 0 Å². The standard InChI is InChI=1S/C15H16ClN3O4/c1-10(23-14-6-4-3-5-13(14)22-2)8-17-15-12(16)7-11(9-18-15)19(20)21/h3-7,9-10H,8H2,1-2H3,(H,17,18). The fourth-order valence-electron chi connectivity index (χ4n) is 1.87. The smallest absolute Gasteiger partial charge is 0.289 e. The maximum atomic E-state index is 10.6. The fourth-order valence-corrected chi connectivity index (χ4v) is 2.10. The van der Waals surface area contributed by atoms with Crippen molar-refractivity contribution in [3.8, 4) is 11.5 Å². The predicted molar refractivity (Wildman–Crippen MR) is 87.5 cm³/mol. The summed E-state index contributed by atoms with van der Waals surface area (Å²) in [4.78, 5) is 14.1. The maximum absolute atomic E-state index is 10.6. The van der Waals surface area contributed by atoms with Crippen molar-refractivity contribution < 1.29 is 14.4 Å². The number of pyridine rings is 1. The van der Waals surface area contributed by atoms with Gasteiger partial charge in [-0.15, -0.1) is 0 Å². The van der Waals surface area contributed by atoms with Crippen LogP contribution < -0.4 is 14.8 Å². The molecule has 1 aromatic heterocycles. The van der Waals surface area contributed by atoms with E-state index in [2.05, 4.69) is 10.3 Å². The first kappa shape index (κ1) is 16.8. The lowest BCUT2D eigenvalue weighted by atomic mass is 10.3. The highest BCUT2D eigenvalue weighted by Gasteiger charge is 2.13. The summed E-state index contributed by atoms with van der Waals surface area (Å²) < 4.78 is 11.0. The molecule has 0 bridgehead atoms. The summed E-state index contributed by atoms with van der Waals surface area (Å²) in [5.74, 6) is 1.64. The molecule has 1 unspecified atom stereocenters. The summed E-state index contributed by atoms with van der Waals surface area (Å²) in [7, 11) is 1.58. The molecule has 1 atom stereocenters. The molecule has 0 aliphatic rings. The molecule has 0 fully saturated rings. The van der Waals surface area contributed by atoms with Crippen LogP contribution in [0.1, 0.15) is 6.92 Å². The Morgan fingerprint density at radius 3 is 2.70 bits per heavy atom. The molecule has 2 aromatic rings. The lowest BCUT2D eigenvalue weighted by Crippen LogP contribution is -2.23. The second-order valence-electron chi connectivity index (χ2n) is 4.74.